The highest BCUT2D eigenvalue weighted by atomic mass is 35.5. The summed E-state index contributed by atoms with van der Waals surface area (Å²) >= 11 is 7.89. The Morgan fingerprint density at radius 2 is 2.05 bits per heavy atom. The molecule has 0 heterocycles. The lowest BCUT2D eigenvalue weighted by atomic mass is 9.79. The number of hydrogen-bond acceptors (Lipinski definition) is 2. The Hall–Kier alpha value is -0.180. The third-order valence-corrected chi connectivity index (χ3v) is 5.64. The summed E-state index contributed by atoms with van der Waals surface area (Å²) in [7, 11) is 0. The van der Waals surface area contributed by atoms with Crippen molar-refractivity contribution in [2.24, 2.45) is 11.8 Å². The molecule has 3 heteroatoms. The minimum Gasteiger partial charge on any atom is -0.313 e. The molecule has 0 aliphatic heterocycles. The summed E-state index contributed by atoms with van der Waals surface area (Å²) in [5.41, 5.74) is 0. The largest absolute Gasteiger partial charge is 0.313 e. The maximum absolute atomic E-state index is 5.94. The van der Waals surface area contributed by atoms with Crippen LogP contribution in [-0.4, -0.2) is 18.3 Å². The Bertz CT molecular complexity index is 392. The number of benzene rings is 1. The predicted octanol–water partition coefficient (Wildman–Crippen LogP) is 5.24. The van der Waals surface area contributed by atoms with E-state index in [9.17, 15) is 0 Å². The van der Waals surface area contributed by atoms with Gasteiger partial charge in [0.15, 0.2) is 0 Å². The molecule has 3 atom stereocenters. The van der Waals surface area contributed by atoms with Crippen LogP contribution in [0.5, 0.6) is 0 Å². The van der Waals surface area contributed by atoms with Crippen molar-refractivity contribution in [3.63, 3.8) is 0 Å². The Morgan fingerprint density at radius 1 is 1.30 bits per heavy atom. The van der Waals surface area contributed by atoms with Crippen LogP contribution in [0, 0.1) is 11.8 Å². The molecular formula is C17H26ClNS. The van der Waals surface area contributed by atoms with Crippen LogP contribution in [-0.2, 0) is 0 Å². The molecule has 1 fully saturated rings. The van der Waals surface area contributed by atoms with Gasteiger partial charge in [0, 0.05) is 21.7 Å². The van der Waals surface area contributed by atoms with Gasteiger partial charge >= 0.3 is 0 Å². The maximum Gasteiger partial charge on any atom is 0.0406 e. The van der Waals surface area contributed by atoms with Crippen LogP contribution in [0.1, 0.15) is 39.5 Å². The highest BCUT2D eigenvalue weighted by Crippen LogP contribution is 2.33. The molecule has 0 spiro atoms. The van der Waals surface area contributed by atoms with Crippen LogP contribution in [0.4, 0.5) is 0 Å². The van der Waals surface area contributed by atoms with Crippen molar-refractivity contribution in [2.75, 3.05) is 12.3 Å². The molecular weight excluding hydrogens is 286 g/mol. The molecule has 0 radical (unpaired) electrons. The first-order valence-electron chi connectivity index (χ1n) is 7.80. The van der Waals surface area contributed by atoms with Gasteiger partial charge in [-0.05, 0) is 55.5 Å². The topological polar surface area (TPSA) is 12.0 Å². The second-order valence-electron chi connectivity index (χ2n) is 5.96. The molecule has 1 aromatic rings. The molecule has 0 saturated heterocycles. The van der Waals surface area contributed by atoms with Gasteiger partial charge in [0.25, 0.3) is 0 Å². The van der Waals surface area contributed by atoms with Crippen molar-refractivity contribution in [3.8, 4) is 0 Å². The second kappa shape index (κ2) is 8.31. The van der Waals surface area contributed by atoms with E-state index < -0.39 is 0 Å². The number of halogens is 1. The first-order valence-corrected chi connectivity index (χ1v) is 9.17. The monoisotopic (exact) mass is 311 g/mol. The summed E-state index contributed by atoms with van der Waals surface area (Å²) in [6.07, 6.45) is 5.60. The zero-order valence-corrected chi connectivity index (χ0v) is 14.1. The van der Waals surface area contributed by atoms with Crippen LogP contribution >= 0.6 is 23.4 Å². The summed E-state index contributed by atoms with van der Waals surface area (Å²) in [5.74, 6) is 2.90. The van der Waals surface area contributed by atoms with E-state index in [1.807, 2.05) is 23.9 Å². The number of nitrogens with one attached hydrogen (secondary N) is 1. The second-order valence-corrected chi connectivity index (χ2v) is 7.49. The van der Waals surface area contributed by atoms with Crippen molar-refractivity contribution in [2.45, 2.75) is 50.5 Å². The third kappa shape index (κ3) is 4.98. The van der Waals surface area contributed by atoms with Gasteiger partial charge in [0.05, 0.1) is 0 Å². The average molecular weight is 312 g/mol. The van der Waals surface area contributed by atoms with Crippen molar-refractivity contribution >= 4 is 23.4 Å². The molecule has 0 amide bonds. The normalized spacial score (nSPS) is 24.6. The van der Waals surface area contributed by atoms with Gasteiger partial charge in [0.1, 0.15) is 0 Å². The quantitative estimate of drug-likeness (QED) is 0.721. The van der Waals surface area contributed by atoms with E-state index in [1.165, 1.54) is 30.6 Å². The van der Waals surface area contributed by atoms with Gasteiger partial charge in [-0.15, -0.1) is 11.8 Å². The standard InChI is InChI=1S/C17H26ClNS/c1-3-19-17(14-6-4-5-13(2)11-14)12-20-16-9-7-15(18)8-10-16/h7-10,13-14,17,19H,3-6,11-12H2,1-2H3. The van der Waals surface area contributed by atoms with E-state index in [0.717, 1.165) is 29.2 Å². The highest BCUT2D eigenvalue weighted by Gasteiger charge is 2.26. The third-order valence-electron chi connectivity index (χ3n) is 4.26. The molecule has 0 bridgehead atoms. The Balaban J connectivity index is 1.89. The summed E-state index contributed by atoms with van der Waals surface area (Å²) in [5, 5.41) is 4.53. The first kappa shape index (κ1) is 16.2. The van der Waals surface area contributed by atoms with Gasteiger partial charge in [-0.25, -0.2) is 0 Å². The molecule has 2 rings (SSSR count). The van der Waals surface area contributed by atoms with Crippen LogP contribution in [0.25, 0.3) is 0 Å². The Kier molecular flexibility index (Phi) is 6.73. The fraction of sp³-hybridized carbons (Fsp3) is 0.647. The van der Waals surface area contributed by atoms with E-state index in [-0.39, 0.29) is 0 Å². The predicted molar refractivity (Wildman–Crippen MR) is 90.8 cm³/mol. The molecule has 0 aromatic heterocycles. The zero-order chi connectivity index (χ0) is 14.4. The fourth-order valence-corrected chi connectivity index (χ4v) is 4.40. The Morgan fingerprint density at radius 3 is 2.70 bits per heavy atom. The van der Waals surface area contributed by atoms with Gasteiger partial charge in [-0.2, -0.15) is 0 Å². The van der Waals surface area contributed by atoms with Crippen molar-refractivity contribution < 1.29 is 0 Å². The van der Waals surface area contributed by atoms with Gasteiger partial charge in [0.2, 0.25) is 0 Å². The highest BCUT2D eigenvalue weighted by molar-refractivity contribution is 7.99. The van der Waals surface area contributed by atoms with Crippen molar-refractivity contribution in [1.29, 1.82) is 0 Å². The van der Waals surface area contributed by atoms with Crippen LogP contribution in [0.15, 0.2) is 29.2 Å². The maximum atomic E-state index is 5.94. The molecule has 1 aliphatic rings. The van der Waals surface area contributed by atoms with E-state index in [2.05, 4.69) is 31.3 Å². The van der Waals surface area contributed by atoms with Gasteiger partial charge < -0.3 is 5.32 Å². The average Bonchev–Trinajstić information content (AvgIpc) is 2.45. The minimum atomic E-state index is 0.642. The number of rotatable bonds is 6. The lowest BCUT2D eigenvalue weighted by Gasteiger charge is -2.33. The summed E-state index contributed by atoms with van der Waals surface area (Å²) < 4.78 is 0. The summed E-state index contributed by atoms with van der Waals surface area (Å²) in [6.45, 7) is 5.68. The zero-order valence-electron chi connectivity index (χ0n) is 12.6. The first-order chi connectivity index (χ1) is 9.69. The minimum absolute atomic E-state index is 0.642. The SMILES string of the molecule is CCNC(CSc1ccc(Cl)cc1)C1CCCC(C)C1. The van der Waals surface area contributed by atoms with E-state index in [0.29, 0.717) is 6.04 Å². The summed E-state index contributed by atoms with van der Waals surface area (Å²) in [4.78, 5) is 1.32. The molecule has 3 unspecified atom stereocenters. The Labute approximate surface area is 132 Å². The molecule has 1 N–H and O–H groups in total. The molecule has 1 saturated carbocycles. The summed E-state index contributed by atoms with van der Waals surface area (Å²) in [6, 6.07) is 8.85. The van der Waals surface area contributed by atoms with Crippen molar-refractivity contribution in [3.05, 3.63) is 29.3 Å². The van der Waals surface area contributed by atoms with Gasteiger partial charge in [-0.3, -0.25) is 0 Å². The number of thioether (sulfide) groups is 1. The van der Waals surface area contributed by atoms with E-state index in [1.54, 1.807) is 0 Å². The lowest BCUT2D eigenvalue weighted by Crippen LogP contribution is -2.40. The molecule has 20 heavy (non-hydrogen) atoms. The van der Waals surface area contributed by atoms with Crippen LogP contribution in [0.3, 0.4) is 0 Å². The molecule has 112 valence electrons. The molecule has 1 aromatic carbocycles. The molecule has 1 aliphatic carbocycles. The molecule has 1 nitrogen and oxygen atoms in total. The van der Waals surface area contributed by atoms with E-state index in [4.69, 9.17) is 11.6 Å². The lowest BCUT2D eigenvalue weighted by molar-refractivity contribution is 0.235. The van der Waals surface area contributed by atoms with E-state index >= 15 is 0 Å². The fourth-order valence-electron chi connectivity index (χ4n) is 3.19. The van der Waals surface area contributed by atoms with Gasteiger partial charge in [-0.1, -0.05) is 38.3 Å². The number of hydrogen-bond donors (Lipinski definition) is 1. The smallest absolute Gasteiger partial charge is 0.0406 e. The van der Waals surface area contributed by atoms with Crippen molar-refractivity contribution in [1.82, 2.24) is 5.32 Å². The van der Waals surface area contributed by atoms with Crippen LogP contribution < -0.4 is 5.32 Å². The van der Waals surface area contributed by atoms with Crippen LogP contribution in [0.2, 0.25) is 5.02 Å².